The molecule has 1 rings (SSSR count). The number of hydrogen-bond donors (Lipinski definition) is 0. The average Bonchev–Trinajstić information content (AvgIpc) is 2.13. The molecule has 0 aromatic heterocycles. The van der Waals surface area contributed by atoms with E-state index >= 15 is 0 Å². The highest BCUT2D eigenvalue weighted by atomic mass is 32.2. The highest BCUT2D eigenvalue weighted by Gasteiger charge is 2.29. The lowest BCUT2D eigenvalue weighted by Gasteiger charge is -2.09. The van der Waals surface area contributed by atoms with Gasteiger partial charge in [-0.25, -0.2) is 21.6 Å². The molecule has 3 nitrogen and oxygen atoms in total. The van der Waals surface area contributed by atoms with Gasteiger partial charge in [-0.15, -0.1) is 0 Å². The minimum atomic E-state index is -3.77. The molecule has 0 radical (unpaired) electrons. The molecule has 0 spiro atoms. The molecule has 0 aliphatic rings. The van der Waals surface area contributed by atoms with Crippen LogP contribution < -0.4 is 0 Å². The third-order valence-corrected chi connectivity index (χ3v) is 3.76. The Morgan fingerprint density at radius 2 is 1.59 bits per heavy atom. The quantitative estimate of drug-likeness (QED) is 0.783. The summed E-state index contributed by atoms with van der Waals surface area (Å²) in [5.74, 6) is -5.24. The number of carbonyl (C=O) groups is 1. The van der Waals surface area contributed by atoms with Gasteiger partial charge in [-0.05, 0) is 6.92 Å². The van der Waals surface area contributed by atoms with Crippen LogP contribution in [-0.4, -0.2) is 25.7 Å². The second-order valence-electron chi connectivity index (χ2n) is 3.58. The van der Waals surface area contributed by atoms with Crippen LogP contribution in [0.25, 0.3) is 0 Å². The minimum absolute atomic E-state index is 0.325. The van der Waals surface area contributed by atoms with Crippen LogP contribution in [-0.2, 0) is 9.84 Å². The van der Waals surface area contributed by atoms with Gasteiger partial charge in [0.05, 0.1) is 5.56 Å². The summed E-state index contributed by atoms with van der Waals surface area (Å²) < 4.78 is 61.2. The van der Waals surface area contributed by atoms with E-state index in [1.807, 2.05) is 0 Å². The number of benzene rings is 1. The summed E-state index contributed by atoms with van der Waals surface area (Å²) in [5.41, 5.74) is -1.04. The van der Waals surface area contributed by atoms with Crippen molar-refractivity contribution in [2.45, 2.75) is 12.2 Å². The molecule has 0 bridgehead atoms. The number of ketones is 1. The summed E-state index contributed by atoms with van der Waals surface area (Å²) in [6, 6.07) is 0.649. The van der Waals surface area contributed by atoms with E-state index in [1.165, 1.54) is 0 Å². The van der Waals surface area contributed by atoms with Gasteiger partial charge in [0, 0.05) is 18.4 Å². The topological polar surface area (TPSA) is 51.2 Å². The van der Waals surface area contributed by atoms with E-state index in [1.54, 1.807) is 0 Å². The maximum absolute atomic E-state index is 13.2. The standard InChI is InChI=1S/C10H9F3O3S/c1-5(17(2,15)16)10(14)9-7(12)3-6(11)4-8(9)13/h3-5H,1-2H3. The molecular weight excluding hydrogens is 257 g/mol. The molecule has 0 saturated carbocycles. The number of carbonyl (C=O) groups excluding carboxylic acids is 1. The largest absolute Gasteiger partial charge is 0.292 e. The summed E-state index contributed by atoms with van der Waals surface area (Å²) in [6.07, 6.45) is 0.773. The van der Waals surface area contributed by atoms with Crippen LogP contribution in [0.4, 0.5) is 13.2 Å². The van der Waals surface area contributed by atoms with Crippen LogP contribution in [0, 0.1) is 17.5 Å². The van der Waals surface area contributed by atoms with Crippen LogP contribution in [0.5, 0.6) is 0 Å². The van der Waals surface area contributed by atoms with Gasteiger partial charge in [0.25, 0.3) is 0 Å². The van der Waals surface area contributed by atoms with Crippen molar-refractivity contribution in [3.05, 3.63) is 35.1 Å². The fraction of sp³-hybridized carbons (Fsp3) is 0.300. The van der Waals surface area contributed by atoms with Gasteiger partial charge in [-0.2, -0.15) is 0 Å². The van der Waals surface area contributed by atoms with E-state index < -0.39 is 43.9 Å². The van der Waals surface area contributed by atoms with Crippen molar-refractivity contribution < 1.29 is 26.4 Å². The Morgan fingerprint density at radius 1 is 1.18 bits per heavy atom. The molecule has 0 saturated heterocycles. The molecule has 94 valence electrons. The lowest BCUT2D eigenvalue weighted by Crippen LogP contribution is -2.28. The summed E-state index contributed by atoms with van der Waals surface area (Å²) in [4.78, 5) is 11.6. The normalized spacial score (nSPS) is 13.5. The van der Waals surface area contributed by atoms with Gasteiger partial charge in [0.15, 0.2) is 15.6 Å². The monoisotopic (exact) mass is 266 g/mol. The average molecular weight is 266 g/mol. The Balaban J connectivity index is 3.32. The first-order chi connectivity index (χ1) is 7.64. The van der Waals surface area contributed by atoms with Gasteiger partial charge in [-0.1, -0.05) is 0 Å². The lowest BCUT2D eigenvalue weighted by molar-refractivity contribution is 0.0983. The van der Waals surface area contributed by atoms with Crippen molar-refractivity contribution in [1.82, 2.24) is 0 Å². The van der Waals surface area contributed by atoms with E-state index in [9.17, 15) is 26.4 Å². The van der Waals surface area contributed by atoms with E-state index in [4.69, 9.17) is 0 Å². The van der Waals surface area contributed by atoms with Gasteiger partial charge in [-0.3, -0.25) is 4.79 Å². The molecular formula is C10H9F3O3S. The first-order valence-corrected chi connectivity index (χ1v) is 6.47. The number of Topliss-reactive ketones (excluding diaryl/α,β-unsaturated/α-hetero) is 1. The third kappa shape index (κ3) is 2.85. The van der Waals surface area contributed by atoms with Crippen LogP contribution in [0.2, 0.25) is 0 Å². The molecule has 0 aliphatic heterocycles. The van der Waals surface area contributed by atoms with Gasteiger partial charge in [0.1, 0.15) is 22.7 Å². The number of sulfone groups is 1. The smallest absolute Gasteiger partial charge is 0.186 e. The van der Waals surface area contributed by atoms with Crippen LogP contribution in [0.15, 0.2) is 12.1 Å². The zero-order chi connectivity index (χ0) is 13.4. The van der Waals surface area contributed by atoms with Crippen molar-refractivity contribution in [2.75, 3.05) is 6.26 Å². The van der Waals surface area contributed by atoms with E-state index in [2.05, 4.69) is 0 Å². The van der Waals surface area contributed by atoms with Crippen molar-refractivity contribution in [3.63, 3.8) is 0 Å². The second-order valence-corrected chi connectivity index (χ2v) is 5.95. The van der Waals surface area contributed by atoms with E-state index in [-0.39, 0.29) is 0 Å². The Kier molecular flexibility index (Phi) is 3.61. The van der Waals surface area contributed by atoms with Crippen molar-refractivity contribution >= 4 is 15.6 Å². The van der Waals surface area contributed by atoms with Crippen molar-refractivity contribution in [1.29, 1.82) is 0 Å². The molecule has 0 N–H and O–H groups in total. The number of rotatable bonds is 3. The molecule has 0 amide bonds. The van der Waals surface area contributed by atoms with Gasteiger partial charge in [0.2, 0.25) is 0 Å². The van der Waals surface area contributed by atoms with Crippen molar-refractivity contribution in [3.8, 4) is 0 Å². The maximum atomic E-state index is 13.2. The Bertz CT molecular complexity index is 543. The first-order valence-electron chi connectivity index (χ1n) is 4.52. The number of halogens is 3. The Labute approximate surface area is 96.2 Å². The highest BCUT2D eigenvalue weighted by molar-refractivity contribution is 7.92. The summed E-state index contributed by atoms with van der Waals surface area (Å²) in [7, 11) is -3.77. The van der Waals surface area contributed by atoms with E-state index in [0.717, 1.165) is 13.2 Å². The predicted molar refractivity (Wildman–Crippen MR) is 55.0 cm³/mol. The summed E-state index contributed by atoms with van der Waals surface area (Å²) >= 11 is 0. The number of hydrogen-bond acceptors (Lipinski definition) is 3. The fourth-order valence-electron chi connectivity index (χ4n) is 1.18. The van der Waals surface area contributed by atoms with Crippen LogP contribution in [0.3, 0.4) is 0 Å². The van der Waals surface area contributed by atoms with Gasteiger partial charge >= 0.3 is 0 Å². The molecule has 1 atom stereocenters. The van der Waals surface area contributed by atoms with Crippen molar-refractivity contribution in [2.24, 2.45) is 0 Å². The fourth-order valence-corrected chi connectivity index (χ4v) is 1.68. The molecule has 17 heavy (non-hydrogen) atoms. The van der Waals surface area contributed by atoms with E-state index in [0.29, 0.717) is 12.1 Å². The lowest BCUT2D eigenvalue weighted by atomic mass is 10.1. The predicted octanol–water partition coefficient (Wildman–Crippen LogP) is 1.72. The molecule has 0 aliphatic carbocycles. The van der Waals surface area contributed by atoms with Gasteiger partial charge < -0.3 is 0 Å². The Hall–Kier alpha value is -1.37. The minimum Gasteiger partial charge on any atom is -0.292 e. The molecule has 1 aromatic carbocycles. The summed E-state index contributed by atoms with van der Waals surface area (Å²) in [6.45, 7) is 1.01. The molecule has 1 aromatic rings. The first kappa shape index (κ1) is 13.7. The molecule has 1 unspecified atom stereocenters. The second kappa shape index (κ2) is 4.48. The van der Waals surface area contributed by atoms with Crippen LogP contribution in [0.1, 0.15) is 17.3 Å². The molecule has 0 fully saturated rings. The maximum Gasteiger partial charge on any atom is 0.186 e. The van der Waals surface area contributed by atoms with Crippen LogP contribution >= 0.6 is 0 Å². The molecule has 0 heterocycles. The Morgan fingerprint density at radius 3 is 1.94 bits per heavy atom. The SMILES string of the molecule is CC(C(=O)c1c(F)cc(F)cc1F)S(C)(=O)=O. The third-order valence-electron chi connectivity index (χ3n) is 2.26. The zero-order valence-electron chi connectivity index (χ0n) is 9.00. The molecule has 7 heteroatoms. The highest BCUT2D eigenvalue weighted by Crippen LogP contribution is 2.18. The zero-order valence-corrected chi connectivity index (χ0v) is 9.82. The summed E-state index contributed by atoms with van der Waals surface area (Å²) in [5, 5.41) is -1.59.